The average Bonchev–Trinajstić information content (AvgIpc) is 2.43. The first-order chi connectivity index (χ1) is 10.1. The zero-order chi connectivity index (χ0) is 15.7. The molecule has 1 N–H and O–H groups in total. The molecule has 1 aromatic carbocycles. The summed E-state index contributed by atoms with van der Waals surface area (Å²) in [5, 5.41) is 4.20. The maximum atomic E-state index is 6.28. The highest BCUT2D eigenvalue weighted by Crippen LogP contribution is 2.31. The molecule has 0 aliphatic heterocycles. The van der Waals surface area contributed by atoms with Crippen molar-refractivity contribution in [3.8, 4) is 5.75 Å². The molecule has 0 heterocycles. The van der Waals surface area contributed by atoms with Crippen LogP contribution in [0.2, 0.25) is 5.02 Å². The van der Waals surface area contributed by atoms with Gasteiger partial charge in [0.25, 0.3) is 0 Å². The molecule has 0 saturated carbocycles. The zero-order valence-electron chi connectivity index (χ0n) is 14.0. The van der Waals surface area contributed by atoms with Crippen LogP contribution in [0.1, 0.15) is 63.5 Å². The molecule has 0 aliphatic rings. The van der Waals surface area contributed by atoms with E-state index >= 15 is 0 Å². The Morgan fingerprint density at radius 1 is 1.14 bits per heavy atom. The van der Waals surface area contributed by atoms with E-state index in [2.05, 4.69) is 39.1 Å². The van der Waals surface area contributed by atoms with Gasteiger partial charge in [-0.3, -0.25) is 0 Å². The Morgan fingerprint density at radius 3 is 2.52 bits per heavy atom. The van der Waals surface area contributed by atoms with Gasteiger partial charge in [-0.25, -0.2) is 0 Å². The first-order valence-corrected chi connectivity index (χ1v) is 8.57. The number of rotatable bonds is 10. The molecule has 1 aromatic rings. The molecule has 120 valence electrons. The van der Waals surface area contributed by atoms with Crippen molar-refractivity contribution in [2.75, 3.05) is 19.7 Å². The minimum Gasteiger partial charge on any atom is -0.493 e. The number of hydrogen-bond acceptors (Lipinski definition) is 2. The van der Waals surface area contributed by atoms with E-state index in [1.165, 1.54) is 24.8 Å². The van der Waals surface area contributed by atoms with Crippen LogP contribution in [0.25, 0.3) is 0 Å². The van der Waals surface area contributed by atoms with Gasteiger partial charge in [-0.2, -0.15) is 0 Å². The first kappa shape index (κ1) is 18.3. The van der Waals surface area contributed by atoms with Crippen LogP contribution in [0, 0.1) is 6.92 Å². The monoisotopic (exact) mass is 311 g/mol. The highest BCUT2D eigenvalue weighted by atomic mass is 35.5. The van der Waals surface area contributed by atoms with Gasteiger partial charge >= 0.3 is 0 Å². The van der Waals surface area contributed by atoms with E-state index in [0.717, 1.165) is 42.5 Å². The summed E-state index contributed by atoms with van der Waals surface area (Å²) >= 11 is 6.28. The van der Waals surface area contributed by atoms with E-state index in [4.69, 9.17) is 16.3 Å². The van der Waals surface area contributed by atoms with Gasteiger partial charge in [0.1, 0.15) is 5.75 Å². The Balaban J connectivity index is 2.33. The molecule has 0 amide bonds. The molecule has 0 aliphatic carbocycles. The van der Waals surface area contributed by atoms with Crippen LogP contribution in [0.3, 0.4) is 0 Å². The number of hydrogen-bond donors (Lipinski definition) is 1. The quantitative estimate of drug-likeness (QED) is 0.590. The number of aryl methyl sites for hydroxylation is 1. The van der Waals surface area contributed by atoms with Crippen LogP contribution in [0.4, 0.5) is 0 Å². The lowest BCUT2D eigenvalue weighted by Crippen LogP contribution is -2.13. The maximum Gasteiger partial charge on any atom is 0.122 e. The van der Waals surface area contributed by atoms with E-state index in [0.29, 0.717) is 5.92 Å². The lowest BCUT2D eigenvalue weighted by Gasteiger charge is -2.14. The Hall–Kier alpha value is -0.730. The van der Waals surface area contributed by atoms with Crippen molar-refractivity contribution in [1.29, 1.82) is 0 Å². The molecule has 0 radical (unpaired) electrons. The van der Waals surface area contributed by atoms with Crippen molar-refractivity contribution in [3.63, 3.8) is 0 Å². The molecule has 3 heteroatoms. The summed E-state index contributed by atoms with van der Waals surface area (Å²) in [4.78, 5) is 0. The van der Waals surface area contributed by atoms with Crippen molar-refractivity contribution in [2.24, 2.45) is 0 Å². The van der Waals surface area contributed by atoms with Crippen molar-refractivity contribution >= 4 is 11.6 Å². The summed E-state index contributed by atoms with van der Waals surface area (Å²) in [7, 11) is 0. The third kappa shape index (κ3) is 6.71. The van der Waals surface area contributed by atoms with Crippen LogP contribution in [0.15, 0.2) is 12.1 Å². The number of halogens is 1. The Morgan fingerprint density at radius 2 is 1.86 bits per heavy atom. The fraction of sp³-hybridized carbons (Fsp3) is 0.667. The number of benzene rings is 1. The van der Waals surface area contributed by atoms with E-state index in [1.54, 1.807) is 0 Å². The predicted molar refractivity (Wildman–Crippen MR) is 92.8 cm³/mol. The van der Waals surface area contributed by atoms with E-state index in [9.17, 15) is 0 Å². The molecule has 0 saturated heterocycles. The van der Waals surface area contributed by atoms with Crippen LogP contribution in [-0.4, -0.2) is 19.7 Å². The molecule has 1 rings (SSSR count). The van der Waals surface area contributed by atoms with E-state index < -0.39 is 0 Å². The summed E-state index contributed by atoms with van der Waals surface area (Å²) in [6, 6.07) is 4.12. The summed E-state index contributed by atoms with van der Waals surface area (Å²) in [6.07, 6.45) is 4.87. The molecular weight excluding hydrogens is 282 g/mol. The van der Waals surface area contributed by atoms with Gasteiger partial charge < -0.3 is 10.1 Å². The van der Waals surface area contributed by atoms with E-state index in [-0.39, 0.29) is 0 Å². The fourth-order valence-electron chi connectivity index (χ4n) is 2.33. The van der Waals surface area contributed by atoms with Crippen LogP contribution in [-0.2, 0) is 0 Å². The van der Waals surface area contributed by atoms with Crippen LogP contribution < -0.4 is 10.1 Å². The molecule has 2 nitrogen and oxygen atoms in total. The molecule has 0 spiro atoms. The summed E-state index contributed by atoms with van der Waals surface area (Å²) < 4.78 is 5.94. The lowest BCUT2D eigenvalue weighted by atomic mass is 10.0. The SMILES string of the molecule is CCNCCCCCCOc1cc(C(C)C)c(Cl)cc1C. The molecule has 0 aromatic heterocycles. The highest BCUT2D eigenvalue weighted by Gasteiger charge is 2.09. The number of ether oxygens (including phenoxy) is 1. The van der Waals surface area contributed by atoms with Crippen molar-refractivity contribution in [3.05, 3.63) is 28.3 Å². The molecule has 0 atom stereocenters. The lowest BCUT2D eigenvalue weighted by molar-refractivity contribution is 0.302. The molecule has 0 unspecified atom stereocenters. The van der Waals surface area contributed by atoms with Crippen molar-refractivity contribution in [2.45, 2.75) is 59.3 Å². The second-order valence-electron chi connectivity index (χ2n) is 5.91. The first-order valence-electron chi connectivity index (χ1n) is 8.19. The third-order valence-corrected chi connectivity index (χ3v) is 4.00. The highest BCUT2D eigenvalue weighted by molar-refractivity contribution is 6.31. The fourth-order valence-corrected chi connectivity index (χ4v) is 2.77. The van der Waals surface area contributed by atoms with Gasteiger partial charge in [-0.05, 0) is 62.0 Å². The normalized spacial score (nSPS) is 11.1. The molecule has 0 bridgehead atoms. The smallest absolute Gasteiger partial charge is 0.122 e. The van der Waals surface area contributed by atoms with Gasteiger partial charge in [0.05, 0.1) is 6.61 Å². The zero-order valence-corrected chi connectivity index (χ0v) is 14.7. The van der Waals surface area contributed by atoms with Crippen molar-refractivity contribution in [1.82, 2.24) is 5.32 Å². The summed E-state index contributed by atoms with van der Waals surface area (Å²) in [5.41, 5.74) is 2.29. The number of unbranched alkanes of at least 4 members (excludes halogenated alkanes) is 3. The van der Waals surface area contributed by atoms with Gasteiger partial charge in [0.15, 0.2) is 0 Å². The van der Waals surface area contributed by atoms with Gasteiger partial charge in [-0.15, -0.1) is 0 Å². The van der Waals surface area contributed by atoms with Crippen LogP contribution >= 0.6 is 11.6 Å². The molecular formula is C18H30ClNO. The Bertz CT molecular complexity index is 418. The summed E-state index contributed by atoms with van der Waals surface area (Å²) in [5.74, 6) is 1.40. The minimum absolute atomic E-state index is 0.423. The Labute approximate surface area is 135 Å². The minimum atomic E-state index is 0.423. The molecule has 0 fully saturated rings. The van der Waals surface area contributed by atoms with Gasteiger partial charge in [0, 0.05) is 5.02 Å². The molecule has 21 heavy (non-hydrogen) atoms. The third-order valence-electron chi connectivity index (χ3n) is 3.67. The standard InChI is InChI=1S/C18H30ClNO/c1-5-20-10-8-6-7-9-11-21-18-13-16(14(2)3)17(19)12-15(18)4/h12-14,20H,5-11H2,1-4H3. The average molecular weight is 312 g/mol. The van der Waals surface area contributed by atoms with E-state index in [1.807, 2.05) is 6.07 Å². The largest absolute Gasteiger partial charge is 0.493 e. The number of nitrogens with one attached hydrogen (secondary N) is 1. The Kier molecular flexibility index (Phi) is 8.79. The second-order valence-corrected chi connectivity index (χ2v) is 6.32. The van der Waals surface area contributed by atoms with Crippen molar-refractivity contribution < 1.29 is 4.74 Å². The maximum absolute atomic E-state index is 6.28. The second kappa shape index (κ2) is 10.1. The predicted octanol–water partition coefficient (Wildman–Crippen LogP) is 5.32. The van der Waals surface area contributed by atoms with Gasteiger partial charge in [0.2, 0.25) is 0 Å². The van der Waals surface area contributed by atoms with Crippen LogP contribution in [0.5, 0.6) is 5.75 Å². The topological polar surface area (TPSA) is 21.3 Å². The van der Waals surface area contributed by atoms with Gasteiger partial charge in [-0.1, -0.05) is 45.2 Å². The summed E-state index contributed by atoms with van der Waals surface area (Å²) in [6.45, 7) is 11.5.